The fourth-order valence-electron chi connectivity index (χ4n) is 2.88. The van der Waals surface area contributed by atoms with Crippen LogP contribution in [0.25, 0.3) is 11.4 Å². The highest BCUT2D eigenvalue weighted by atomic mass is 16.5. The molecule has 5 nitrogen and oxygen atoms in total. The highest BCUT2D eigenvalue weighted by Gasteiger charge is 2.09. The summed E-state index contributed by atoms with van der Waals surface area (Å²) in [5, 5.41) is 3.98. The van der Waals surface area contributed by atoms with Crippen LogP contribution < -0.4 is 4.74 Å². The van der Waals surface area contributed by atoms with Gasteiger partial charge in [0.25, 0.3) is 0 Å². The Hall–Kier alpha value is -1.88. The van der Waals surface area contributed by atoms with Crippen molar-refractivity contribution in [2.45, 2.75) is 39.0 Å². The summed E-state index contributed by atoms with van der Waals surface area (Å²) in [6.45, 7) is 6.40. The molecule has 1 fully saturated rings. The number of likely N-dealkylation sites (tertiary alicyclic amines) is 1. The molecule has 5 heteroatoms. The van der Waals surface area contributed by atoms with Gasteiger partial charge in [-0.2, -0.15) is 4.98 Å². The van der Waals surface area contributed by atoms with E-state index in [-0.39, 0.29) is 0 Å². The molecule has 0 spiro atoms. The van der Waals surface area contributed by atoms with Gasteiger partial charge in [-0.1, -0.05) is 18.5 Å². The Kier molecular flexibility index (Phi) is 5.64. The molecule has 23 heavy (non-hydrogen) atoms. The summed E-state index contributed by atoms with van der Waals surface area (Å²) >= 11 is 0. The molecule has 124 valence electrons. The molecule has 1 aromatic carbocycles. The van der Waals surface area contributed by atoms with Crippen molar-refractivity contribution < 1.29 is 9.26 Å². The van der Waals surface area contributed by atoms with Gasteiger partial charge in [0, 0.05) is 18.5 Å². The lowest BCUT2D eigenvalue weighted by Crippen LogP contribution is -2.31. The van der Waals surface area contributed by atoms with Gasteiger partial charge in [-0.05, 0) is 56.6 Å². The molecular weight excluding hydrogens is 290 g/mol. The second-order valence-electron chi connectivity index (χ2n) is 5.99. The molecule has 0 aliphatic carbocycles. The maximum atomic E-state index is 5.82. The number of rotatable bonds is 7. The summed E-state index contributed by atoms with van der Waals surface area (Å²) in [5.41, 5.74) is 0.953. The SMILES string of the molecule is CCc1nc(-c2ccc(OCCCN3CCCCC3)cc2)no1. The molecule has 0 N–H and O–H groups in total. The average molecular weight is 315 g/mol. The minimum atomic E-state index is 0.637. The van der Waals surface area contributed by atoms with Crippen molar-refractivity contribution in [2.75, 3.05) is 26.2 Å². The van der Waals surface area contributed by atoms with Crippen molar-refractivity contribution in [2.24, 2.45) is 0 Å². The van der Waals surface area contributed by atoms with Crippen LogP contribution in [-0.4, -0.2) is 41.3 Å². The van der Waals surface area contributed by atoms with E-state index in [2.05, 4.69) is 15.0 Å². The molecule has 3 rings (SSSR count). The summed E-state index contributed by atoms with van der Waals surface area (Å²) in [6, 6.07) is 7.89. The van der Waals surface area contributed by atoms with Crippen LogP contribution in [0.2, 0.25) is 0 Å². The van der Waals surface area contributed by atoms with E-state index in [4.69, 9.17) is 9.26 Å². The Labute approximate surface area is 137 Å². The van der Waals surface area contributed by atoms with Crippen LogP contribution in [0.15, 0.2) is 28.8 Å². The lowest BCUT2D eigenvalue weighted by Gasteiger charge is -2.26. The number of benzene rings is 1. The Balaban J connectivity index is 1.44. The fourth-order valence-corrected chi connectivity index (χ4v) is 2.88. The number of hydrogen-bond donors (Lipinski definition) is 0. The van der Waals surface area contributed by atoms with E-state index >= 15 is 0 Å². The van der Waals surface area contributed by atoms with Crippen LogP contribution in [0.3, 0.4) is 0 Å². The van der Waals surface area contributed by atoms with E-state index in [0.29, 0.717) is 11.7 Å². The summed E-state index contributed by atoms with van der Waals surface area (Å²) in [7, 11) is 0. The zero-order valence-electron chi connectivity index (χ0n) is 13.8. The highest BCUT2D eigenvalue weighted by molar-refractivity contribution is 5.55. The van der Waals surface area contributed by atoms with Crippen LogP contribution in [-0.2, 0) is 6.42 Å². The van der Waals surface area contributed by atoms with Crippen molar-refractivity contribution in [3.05, 3.63) is 30.2 Å². The van der Waals surface area contributed by atoms with E-state index in [1.807, 2.05) is 31.2 Å². The summed E-state index contributed by atoms with van der Waals surface area (Å²) < 4.78 is 11.0. The van der Waals surface area contributed by atoms with Crippen molar-refractivity contribution in [1.82, 2.24) is 15.0 Å². The van der Waals surface area contributed by atoms with E-state index in [1.165, 1.54) is 32.4 Å². The number of aromatic nitrogens is 2. The molecule has 1 saturated heterocycles. The Bertz CT molecular complexity index is 589. The van der Waals surface area contributed by atoms with Gasteiger partial charge in [-0.25, -0.2) is 0 Å². The van der Waals surface area contributed by atoms with Crippen LogP contribution >= 0.6 is 0 Å². The van der Waals surface area contributed by atoms with Crippen molar-refractivity contribution in [3.8, 4) is 17.1 Å². The topological polar surface area (TPSA) is 51.4 Å². The molecule has 0 amide bonds. The van der Waals surface area contributed by atoms with Crippen LogP contribution in [0.1, 0.15) is 38.5 Å². The van der Waals surface area contributed by atoms with Gasteiger partial charge >= 0.3 is 0 Å². The molecular formula is C18H25N3O2. The number of ether oxygens (including phenoxy) is 1. The molecule has 1 aromatic heterocycles. The maximum absolute atomic E-state index is 5.82. The second kappa shape index (κ2) is 8.11. The van der Waals surface area contributed by atoms with Crippen molar-refractivity contribution in [3.63, 3.8) is 0 Å². The number of hydrogen-bond acceptors (Lipinski definition) is 5. The van der Waals surface area contributed by atoms with Crippen molar-refractivity contribution >= 4 is 0 Å². The molecule has 1 aliphatic rings. The number of piperidine rings is 1. The van der Waals surface area contributed by atoms with Gasteiger partial charge in [0.05, 0.1) is 6.61 Å². The predicted molar refractivity (Wildman–Crippen MR) is 89.5 cm³/mol. The van der Waals surface area contributed by atoms with Gasteiger partial charge in [0.1, 0.15) is 5.75 Å². The molecule has 0 atom stereocenters. The molecule has 1 aliphatic heterocycles. The smallest absolute Gasteiger partial charge is 0.226 e. The summed E-state index contributed by atoms with van der Waals surface area (Å²) in [4.78, 5) is 6.87. The Morgan fingerprint density at radius 1 is 1.13 bits per heavy atom. The Morgan fingerprint density at radius 3 is 2.61 bits per heavy atom. The van der Waals surface area contributed by atoms with Gasteiger partial charge in [0.15, 0.2) is 0 Å². The first kappa shape index (κ1) is 16.0. The summed E-state index contributed by atoms with van der Waals surface area (Å²) in [6.07, 6.45) is 5.91. The molecule has 0 bridgehead atoms. The molecule has 0 saturated carbocycles. The lowest BCUT2D eigenvalue weighted by molar-refractivity contribution is 0.205. The van der Waals surface area contributed by atoms with Crippen LogP contribution in [0, 0.1) is 0 Å². The minimum absolute atomic E-state index is 0.637. The van der Waals surface area contributed by atoms with E-state index in [9.17, 15) is 0 Å². The highest BCUT2D eigenvalue weighted by Crippen LogP contribution is 2.20. The van der Waals surface area contributed by atoms with Crippen LogP contribution in [0.5, 0.6) is 5.75 Å². The minimum Gasteiger partial charge on any atom is -0.494 e. The van der Waals surface area contributed by atoms with E-state index < -0.39 is 0 Å². The van der Waals surface area contributed by atoms with Gasteiger partial charge < -0.3 is 14.2 Å². The third kappa shape index (κ3) is 4.55. The predicted octanol–water partition coefficient (Wildman–Crippen LogP) is 3.55. The third-order valence-electron chi connectivity index (χ3n) is 4.22. The molecule has 2 heterocycles. The maximum Gasteiger partial charge on any atom is 0.226 e. The first-order chi connectivity index (χ1) is 11.3. The standard InChI is InChI=1S/C18H25N3O2/c1-2-17-19-18(20-23-17)15-7-9-16(10-8-15)22-14-6-13-21-11-4-3-5-12-21/h7-10H,2-6,11-14H2,1H3. The normalized spacial score (nSPS) is 15.7. The zero-order chi connectivity index (χ0) is 15.9. The average Bonchev–Trinajstić information content (AvgIpc) is 3.09. The van der Waals surface area contributed by atoms with Gasteiger partial charge in [-0.15, -0.1) is 0 Å². The fraction of sp³-hybridized carbons (Fsp3) is 0.556. The zero-order valence-corrected chi connectivity index (χ0v) is 13.8. The summed E-state index contributed by atoms with van der Waals surface area (Å²) in [5.74, 6) is 2.20. The van der Waals surface area contributed by atoms with Gasteiger partial charge in [-0.3, -0.25) is 0 Å². The van der Waals surface area contributed by atoms with E-state index in [0.717, 1.165) is 37.3 Å². The molecule has 0 unspecified atom stereocenters. The molecule has 2 aromatic rings. The first-order valence-electron chi connectivity index (χ1n) is 8.63. The Morgan fingerprint density at radius 2 is 1.91 bits per heavy atom. The van der Waals surface area contributed by atoms with Crippen LogP contribution in [0.4, 0.5) is 0 Å². The lowest BCUT2D eigenvalue weighted by atomic mass is 10.1. The van der Waals surface area contributed by atoms with E-state index in [1.54, 1.807) is 0 Å². The second-order valence-corrected chi connectivity index (χ2v) is 5.99. The first-order valence-corrected chi connectivity index (χ1v) is 8.63. The largest absolute Gasteiger partial charge is 0.494 e. The van der Waals surface area contributed by atoms with Crippen molar-refractivity contribution in [1.29, 1.82) is 0 Å². The third-order valence-corrected chi connectivity index (χ3v) is 4.22. The number of nitrogens with zero attached hydrogens (tertiary/aromatic N) is 3. The quantitative estimate of drug-likeness (QED) is 0.731. The monoisotopic (exact) mass is 315 g/mol. The number of aryl methyl sites for hydroxylation is 1. The molecule has 0 radical (unpaired) electrons. The van der Waals surface area contributed by atoms with Gasteiger partial charge in [0.2, 0.25) is 11.7 Å².